The highest BCUT2D eigenvalue weighted by Crippen LogP contribution is 2.20. The van der Waals surface area contributed by atoms with Gasteiger partial charge in [-0.15, -0.1) is 0 Å². The molecule has 0 aromatic carbocycles. The molecular weight excluding hydrogens is 272 g/mol. The fraction of sp³-hybridized carbons (Fsp3) is 0.636. The SMILES string of the molecule is CCn1cc(S(=O)(=O)NC2CCSC2)cc1CO. The van der Waals surface area contributed by atoms with Crippen molar-refractivity contribution < 1.29 is 13.5 Å². The molecule has 2 N–H and O–H groups in total. The van der Waals surface area contributed by atoms with E-state index in [1.807, 2.05) is 6.92 Å². The minimum atomic E-state index is -3.46. The van der Waals surface area contributed by atoms with Gasteiger partial charge in [0.2, 0.25) is 10.0 Å². The van der Waals surface area contributed by atoms with Crippen LogP contribution in [0.1, 0.15) is 19.0 Å². The maximum Gasteiger partial charge on any atom is 0.242 e. The number of aromatic nitrogens is 1. The lowest BCUT2D eigenvalue weighted by Crippen LogP contribution is -2.34. The third-order valence-electron chi connectivity index (χ3n) is 3.03. The highest BCUT2D eigenvalue weighted by molar-refractivity contribution is 7.99. The second-order valence-electron chi connectivity index (χ2n) is 4.29. The summed E-state index contributed by atoms with van der Waals surface area (Å²) in [6.45, 7) is 2.41. The Morgan fingerprint density at radius 1 is 1.61 bits per heavy atom. The quantitative estimate of drug-likeness (QED) is 0.841. The van der Waals surface area contributed by atoms with Gasteiger partial charge in [0.25, 0.3) is 0 Å². The van der Waals surface area contributed by atoms with Gasteiger partial charge < -0.3 is 9.67 Å². The number of nitrogens with zero attached hydrogens (tertiary/aromatic N) is 1. The van der Waals surface area contributed by atoms with Gasteiger partial charge in [-0.25, -0.2) is 13.1 Å². The normalized spacial score (nSPS) is 20.4. The van der Waals surface area contributed by atoms with Crippen LogP contribution in [0.2, 0.25) is 0 Å². The standard InChI is InChI=1S/C11H18N2O3S2/c1-2-13-6-11(5-10(13)7-14)18(15,16)12-9-3-4-17-8-9/h5-6,9,12,14H,2-4,7-8H2,1H3. The molecule has 2 heterocycles. The number of nitrogens with one attached hydrogen (secondary N) is 1. The molecule has 0 bridgehead atoms. The fourth-order valence-corrected chi connectivity index (χ4v) is 4.60. The summed E-state index contributed by atoms with van der Waals surface area (Å²) in [4.78, 5) is 0.241. The average molecular weight is 290 g/mol. The Kier molecular flexibility index (Phi) is 4.37. The van der Waals surface area contributed by atoms with E-state index in [0.29, 0.717) is 12.2 Å². The van der Waals surface area contributed by atoms with Gasteiger partial charge in [-0.2, -0.15) is 11.8 Å². The van der Waals surface area contributed by atoms with Crippen molar-refractivity contribution >= 4 is 21.8 Å². The van der Waals surface area contributed by atoms with Crippen molar-refractivity contribution in [3.05, 3.63) is 18.0 Å². The van der Waals surface area contributed by atoms with Crippen LogP contribution >= 0.6 is 11.8 Å². The molecule has 0 spiro atoms. The van der Waals surface area contributed by atoms with Crippen LogP contribution in [0.5, 0.6) is 0 Å². The van der Waals surface area contributed by atoms with E-state index < -0.39 is 10.0 Å². The molecule has 18 heavy (non-hydrogen) atoms. The van der Waals surface area contributed by atoms with Crippen molar-refractivity contribution in [3.63, 3.8) is 0 Å². The van der Waals surface area contributed by atoms with Gasteiger partial charge in [-0.1, -0.05) is 0 Å². The zero-order valence-corrected chi connectivity index (χ0v) is 11.9. The van der Waals surface area contributed by atoms with E-state index in [-0.39, 0.29) is 17.5 Å². The molecule has 1 aliphatic rings. The Labute approximate surface area is 112 Å². The largest absolute Gasteiger partial charge is 0.390 e. The first-order valence-electron chi connectivity index (χ1n) is 5.97. The number of thioether (sulfide) groups is 1. The number of hydrogen-bond acceptors (Lipinski definition) is 4. The zero-order chi connectivity index (χ0) is 13.2. The molecule has 1 atom stereocenters. The van der Waals surface area contributed by atoms with Crippen LogP contribution in [0.25, 0.3) is 0 Å². The summed E-state index contributed by atoms with van der Waals surface area (Å²) in [5, 5.41) is 9.17. The van der Waals surface area contributed by atoms with Crippen LogP contribution in [0, 0.1) is 0 Å². The summed E-state index contributed by atoms with van der Waals surface area (Å²) in [5.41, 5.74) is 0.624. The van der Waals surface area contributed by atoms with Gasteiger partial charge in [0.15, 0.2) is 0 Å². The first-order valence-corrected chi connectivity index (χ1v) is 8.60. The van der Waals surface area contributed by atoms with E-state index in [9.17, 15) is 13.5 Å². The highest BCUT2D eigenvalue weighted by Gasteiger charge is 2.24. The maximum atomic E-state index is 12.2. The number of hydrogen-bond donors (Lipinski definition) is 2. The first-order chi connectivity index (χ1) is 8.56. The van der Waals surface area contributed by atoms with Crippen LogP contribution in [-0.2, 0) is 23.2 Å². The van der Waals surface area contributed by atoms with Crippen molar-refractivity contribution in [3.8, 4) is 0 Å². The molecule has 0 radical (unpaired) electrons. The predicted octanol–water partition coefficient (Wildman–Crippen LogP) is 0.784. The van der Waals surface area contributed by atoms with Crippen LogP contribution in [0.3, 0.4) is 0 Å². The van der Waals surface area contributed by atoms with Crippen molar-refractivity contribution in [1.29, 1.82) is 0 Å². The van der Waals surface area contributed by atoms with Gasteiger partial charge in [0.05, 0.1) is 11.5 Å². The number of rotatable bonds is 5. The number of aliphatic hydroxyl groups is 1. The summed E-state index contributed by atoms with van der Waals surface area (Å²) >= 11 is 1.76. The minimum absolute atomic E-state index is 0.0301. The second kappa shape index (κ2) is 5.64. The second-order valence-corrected chi connectivity index (χ2v) is 7.16. The Bertz CT molecular complexity index is 483. The lowest BCUT2D eigenvalue weighted by molar-refractivity contribution is 0.271. The lowest BCUT2D eigenvalue weighted by Gasteiger charge is -2.10. The topological polar surface area (TPSA) is 71.3 Å². The van der Waals surface area contributed by atoms with Gasteiger partial charge in [-0.05, 0) is 25.2 Å². The molecule has 0 aliphatic carbocycles. The number of aryl methyl sites for hydroxylation is 1. The van der Waals surface area contributed by atoms with Gasteiger partial charge >= 0.3 is 0 Å². The molecule has 0 amide bonds. The molecule has 1 aromatic heterocycles. The molecule has 5 nitrogen and oxygen atoms in total. The fourth-order valence-electron chi connectivity index (χ4n) is 2.01. The Balaban J connectivity index is 2.20. The van der Waals surface area contributed by atoms with E-state index in [4.69, 9.17) is 0 Å². The van der Waals surface area contributed by atoms with Crippen molar-refractivity contribution in [2.75, 3.05) is 11.5 Å². The molecule has 102 valence electrons. The Morgan fingerprint density at radius 3 is 2.89 bits per heavy atom. The maximum absolute atomic E-state index is 12.2. The summed E-state index contributed by atoms with van der Waals surface area (Å²) in [6, 6.07) is 1.57. The van der Waals surface area contributed by atoms with E-state index >= 15 is 0 Å². The Hall–Kier alpha value is -0.500. The summed E-state index contributed by atoms with van der Waals surface area (Å²) in [5.74, 6) is 1.84. The first kappa shape index (κ1) is 13.9. The zero-order valence-electron chi connectivity index (χ0n) is 10.3. The van der Waals surface area contributed by atoms with E-state index in [1.54, 1.807) is 22.5 Å². The average Bonchev–Trinajstić information content (AvgIpc) is 2.96. The van der Waals surface area contributed by atoms with Crippen molar-refractivity contribution in [2.45, 2.75) is 37.4 Å². The number of sulfonamides is 1. The third kappa shape index (κ3) is 2.90. The molecule has 1 unspecified atom stereocenters. The van der Waals surface area contributed by atoms with Crippen LogP contribution < -0.4 is 4.72 Å². The smallest absolute Gasteiger partial charge is 0.242 e. The van der Waals surface area contributed by atoms with Crippen LogP contribution in [0.4, 0.5) is 0 Å². The van der Waals surface area contributed by atoms with Gasteiger partial charge in [0.1, 0.15) is 0 Å². The lowest BCUT2D eigenvalue weighted by atomic mass is 10.3. The molecule has 2 rings (SSSR count). The van der Waals surface area contributed by atoms with E-state index in [0.717, 1.165) is 17.9 Å². The molecule has 0 saturated carbocycles. The van der Waals surface area contributed by atoms with Gasteiger partial charge in [-0.3, -0.25) is 0 Å². The minimum Gasteiger partial charge on any atom is -0.390 e. The Morgan fingerprint density at radius 2 is 2.39 bits per heavy atom. The third-order valence-corrected chi connectivity index (χ3v) is 5.68. The molecule has 1 saturated heterocycles. The molecular formula is C11H18N2O3S2. The summed E-state index contributed by atoms with van der Waals surface area (Å²) < 4.78 is 28.8. The summed E-state index contributed by atoms with van der Waals surface area (Å²) in [6.07, 6.45) is 2.46. The molecule has 7 heteroatoms. The van der Waals surface area contributed by atoms with Crippen molar-refractivity contribution in [1.82, 2.24) is 9.29 Å². The highest BCUT2D eigenvalue weighted by atomic mass is 32.2. The van der Waals surface area contributed by atoms with E-state index in [2.05, 4.69) is 4.72 Å². The molecule has 1 fully saturated rings. The molecule has 1 aromatic rings. The summed E-state index contributed by atoms with van der Waals surface area (Å²) in [7, 11) is -3.46. The number of aliphatic hydroxyl groups excluding tert-OH is 1. The van der Waals surface area contributed by atoms with Crippen LogP contribution in [-0.4, -0.2) is 35.6 Å². The van der Waals surface area contributed by atoms with Crippen LogP contribution in [0.15, 0.2) is 17.2 Å². The van der Waals surface area contributed by atoms with Crippen molar-refractivity contribution in [2.24, 2.45) is 0 Å². The van der Waals surface area contributed by atoms with Gasteiger partial charge in [0, 0.05) is 30.2 Å². The monoisotopic (exact) mass is 290 g/mol. The molecule has 1 aliphatic heterocycles. The predicted molar refractivity (Wildman–Crippen MR) is 72.1 cm³/mol. The van der Waals surface area contributed by atoms with E-state index in [1.165, 1.54) is 6.07 Å².